The maximum atomic E-state index is 13.4. The van der Waals surface area contributed by atoms with Crippen LogP contribution in [0.2, 0.25) is 0 Å². The predicted octanol–water partition coefficient (Wildman–Crippen LogP) is 2.90. The van der Waals surface area contributed by atoms with Crippen LogP contribution in [0.4, 0.5) is 4.39 Å². The van der Waals surface area contributed by atoms with Gasteiger partial charge in [0.2, 0.25) is 0 Å². The number of benzene rings is 1. The van der Waals surface area contributed by atoms with Gasteiger partial charge in [0.1, 0.15) is 0 Å². The number of hydrogen-bond acceptors (Lipinski definition) is 2. The van der Waals surface area contributed by atoms with Crippen LogP contribution in [0.25, 0.3) is 0 Å². The second-order valence-corrected chi connectivity index (χ2v) is 4.26. The second kappa shape index (κ2) is 6.99. The van der Waals surface area contributed by atoms with Crippen molar-refractivity contribution in [1.82, 2.24) is 5.32 Å². The van der Waals surface area contributed by atoms with Crippen molar-refractivity contribution in [3.63, 3.8) is 0 Å². The fourth-order valence-corrected chi connectivity index (χ4v) is 1.45. The standard InChI is InChI=1S/C14H20FNO2/c1-4-10(3)16-14(17)12(5-2)18-13-9-7-6-8-11(13)15/h6-10,12H,4-5H2,1-3H3,(H,16,17)/t10-,12+/m0/s1. The van der Waals surface area contributed by atoms with E-state index >= 15 is 0 Å². The van der Waals surface area contributed by atoms with E-state index in [1.54, 1.807) is 12.1 Å². The molecule has 0 spiro atoms. The topological polar surface area (TPSA) is 38.3 Å². The van der Waals surface area contributed by atoms with E-state index in [-0.39, 0.29) is 17.7 Å². The molecule has 1 rings (SSSR count). The first-order valence-corrected chi connectivity index (χ1v) is 6.30. The first-order chi connectivity index (χ1) is 8.58. The van der Waals surface area contributed by atoms with Crippen molar-refractivity contribution in [3.8, 4) is 5.75 Å². The van der Waals surface area contributed by atoms with Crippen LogP contribution in [0.5, 0.6) is 5.75 Å². The van der Waals surface area contributed by atoms with Crippen LogP contribution < -0.4 is 10.1 Å². The first kappa shape index (κ1) is 14.5. The summed E-state index contributed by atoms with van der Waals surface area (Å²) in [6, 6.07) is 6.19. The number of amides is 1. The Kier molecular flexibility index (Phi) is 5.62. The van der Waals surface area contributed by atoms with Gasteiger partial charge in [-0.15, -0.1) is 0 Å². The van der Waals surface area contributed by atoms with Gasteiger partial charge >= 0.3 is 0 Å². The Morgan fingerprint density at radius 1 is 1.33 bits per heavy atom. The molecular formula is C14H20FNO2. The zero-order chi connectivity index (χ0) is 13.5. The second-order valence-electron chi connectivity index (χ2n) is 4.26. The summed E-state index contributed by atoms with van der Waals surface area (Å²) in [7, 11) is 0. The number of hydrogen-bond donors (Lipinski definition) is 1. The van der Waals surface area contributed by atoms with Crippen LogP contribution in [0.3, 0.4) is 0 Å². The zero-order valence-corrected chi connectivity index (χ0v) is 11.1. The lowest BCUT2D eigenvalue weighted by Gasteiger charge is -2.20. The van der Waals surface area contributed by atoms with Crippen LogP contribution in [0.15, 0.2) is 24.3 Å². The number of carbonyl (C=O) groups is 1. The number of para-hydroxylation sites is 1. The minimum absolute atomic E-state index is 0.0933. The highest BCUT2D eigenvalue weighted by atomic mass is 19.1. The van der Waals surface area contributed by atoms with E-state index in [1.165, 1.54) is 12.1 Å². The summed E-state index contributed by atoms with van der Waals surface area (Å²) in [6.45, 7) is 5.75. The van der Waals surface area contributed by atoms with Crippen molar-refractivity contribution in [2.75, 3.05) is 0 Å². The molecule has 100 valence electrons. The van der Waals surface area contributed by atoms with E-state index in [9.17, 15) is 9.18 Å². The third-order valence-corrected chi connectivity index (χ3v) is 2.77. The summed E-state index contributed by atoms with van der Waals surface area (Å²) in [5.74, 6) is -0.536. The highest BCUT2D eigenvalue weighted by molar-refractivity contribution is 5.81. The normalized spacial score (nSPS) is 13.8. The van der Waals surface area contributed by atoms with E-state index in [0.29, 0.717) is 6.42 Å². The Morgan fingerprint density at radius 2 is 2.00 bits per heavy atom. The number of nitrogens with one attached hydrogen (secondary N) is 1. The molecular weight excluding hydrogens is 233 g/mol. The molecule has 1 N–H and O–H groups in total. The van der Waals surface area contributed by atoms with Gasteiger partial charge in [-0.05, 0) is 31.9 Å². The minimum Gasteiger partial charge on any atom is -0.478 e. The van der Waals surface area contributed by atoms with Gasteiger partial charge in [-0.1, -0.05) is 26.0 Å². The van der Waals surface area contributed by atoms with Gasteiger partial charge in [0.05, 0.1) is 0 Å². The lowest BCUT2D eigenvalue weighted by Crippen LogP contribution is -2.42. The molecule has 0 aliphatic heterocycles. The Morgan fingerprint density at radius 3 is 2.56 bits per heavy atom. The summed E-state index contributed by atoms with van der Waals surface area (Å²) in [5, 5.41) is 2.83. The van der Waals surface area contributed by atoms with Crippen molar-refractivity contribution in [2.24, 2.45) is 0 Å². The van der Waals surface area contributed by atoms with Gasteiger partial charge in [-0.2, -0.15) is 0 Å². The predicted molar refractivity (Wildman–Crippen MR) is 69.0 cm³/mol. The summed E-state index contributed by atoms with van der Waals surface area (Å²) in [6.07, 6.45) is 0.689. The molecule has 0 aliphatic carbocycles. The fraction of sp³-hybridized carbons (Fsp3) is 0.500. The van der Waals surface area contributed by atoms with E-state index in [4.69, 9.17) is 4.74 Å². The third-order valence-electron chi connectivity index (χ3n) is 2.77. The largest absolute Gasteiger partial charge is 0.478 e. The lowest BCUT2D eigenvalue weighted by atomic mass is 10.2. The summed E-state index contributed by atoms with van der Waals surface area (Å²) < 4.78 is 18.8. The average Bonchev–Trinajstić information content (AvgIpc) is 2.37. The maximum Gasteiger partial charge on any atom is 0.261 e. The SMILES string of the molecule is CC[C@H](C)NC(=O)[C@@H](CC)Oc1ccccc1F. The summed E-state index contributed by atoms with van der Waals surface area (Å²) >= 11 is 0. The maximum absolute atomic E-state index is 13.4. The molecule has 1 aromatic rings. The Balaban J connectivity index is 2.67. The van der Waals surface area contributed by atoms with Gasteiger partial charge < -0.3 is 10.1 Å². The molecule has 1 amide bonds. The number of carbonyl (C=O) groups excluding carboxylic acids is 1. The fourth-order valence-electron chi connectivity index (χ4n) is 1.45. The molecule has 0 fully saturated rings. The van der Waals surface area contributed by atoms with Crippen molar-refractivity contribution in [3.05, 3.63) is 30.1 Å². The van der Waals surface area contributed by atoms with Gasteiger partial charge in [-0.25, -0.2) is 4.39 Å². The highest BCUT2D eigenvalue weighted by Crippen LogP contribution is 2.18. The first-order valence-electron chi connectivity index (χ1n) is 6.30. The molecule has 0 unspecified atom stereocenters. The molecule has 3 nitrogen and oxygen atoms in total. The number of halogens is 1. The summed E-state index contributed by atoms with van der Waals surface area (Å²) in [4.78, 5) is 11.9. The van der Waals surface area contributed by atoms with Gasteiger partial charge in [0.15, 0.2) is 17.7 Å². The molecule has 0 radical (unpaired) electrons. The van der Waals surface area contributed by atoms with Crippen LogP contribution >= 0.6 is 0 Å². The zero-order valence-electron chi connectivity index (χ0n) is 11.1. The summed E-state index contributed by atoms with van der Waals surface area (Å²) in [5.41, 5.74) is 0. The molecule has 0 saturated carbocycles. The Bertz CT molecular complexity index is 395. The number of rotatable bonds is 6. The van der Waals surface area contributed by atoms with Crippen LogP contribution in [0, 0.1) is 5.82 Å². The lowest BCUT2D eigenvalue weighted by molar-refractivity contribution is -0.128. The van der Waals surface area contributed by atoms with Gasteiger partial charge in [0, 0.05) is 6.04 Å². The van der Waals surface area contributed by atoms with E-state index < -0.39 is 11.9 Å². The molecule has 0 saturated heterocycles. The Labute approximate surface area is 107 Å². The molecule has 0 bridgehead atoms. The average molecular weight is 253 g/mol. The van der Waals surface area contributed by atoms with Crippen molar-refractivity contribution in [2.45, 2.75) is 45.8 Å². The smallest absolute Gasteiger partial charge is 0.261 e. The van der Waals surface area contributed by atoms with Crippen LogP contribution in [-0.2, 0) is 4.79 Å². The molecule has 18 heavy (non-hydrogen) atoms. The third kappa shape index (κ3) is 4.02. The molecule has 0 aliphatic rings. The quantitative estimate of drug-likeness (QED) is 0.846. The molecule has 1 aromatic carbocycles. The van der Waals surface area contributed by atoms with Crippen molar-refractivity contribution >= 4 is 5.91 Å². The van der Waals surface area contributed by atoms with E-state index in [2.05, 4.69) is 5.32 Å². The molecule has 4 heteroatoms. The van der Waals surface area contributed by atoms with Crippen LogP contribution in [0.1, 0.15) is 33.6 Å². The van der Waals surface area contributed by atoms with E-state index in [1.807, 2.05) is 20.8 Å². The van der Waals surface area contributed by atoms with Crippen LogP contribution in [-0.4, -0.2) is 18.1 Å². The van der Waals surface area contributed by atoms with Crippen molar-refractivity contribution in [1.29, 1.82) is 0 Å². The molecule has 0 heterocycles. The van der Waals surface area contributed by atoms with Gasteiger partial charge in [-0.3, -0.25) is 4.79 Å². The molecule has 0 aromatic heterocycles. The van der Waals surface area contributed by atoms with Crippen molar-refractivity contribution < 1.29 is 13.9 Å². The highest BCUT2D eigenvalue weighted by Gasteiger charge is 2.20. The minimum atomic E-state index is -0.657. The Hall–Kier alpha value is -1.58. The molecule has 2 atom stereocenters. The monoisotopic (exact) mass is 253 g/mol. The van der Waals surface area contributed by atoms with Gasteiger partial charge in [0.25, 0.3) is 5.91 Å². The van der Waals surface area contributed by atoms with E-state index in [0.717, 1.165) is 6.42 Å². The number of ether oxygens (including phenoxy) is 1.